The molecule has 0 spiro atoms. The van der Waals surface area contributed by atoms with Gasteiger partial charge in [-0.05, 0) is 40.5 Å². The van der Waals surface area contributed by atoms with Crippen molar-refractivity contribution in [1.82, 2.24) is 0 Å². The zero-order chi connectivity index (χ0) is 10.8. The predicted octanol–water partition coefficient (Wildman–Crippen LogP) is 2.89. The molecular formula is C12H24O2. The number of rotatable bonds is 3. The van der Waals surface area contributed by atoms with Crippen LogP contribution in [0.25, 0.3) is 0 Å². The Morgan fingerprint density at radius 3 is 2.14 bits per heavy atom. The first-order valence-corrected chi connectivity index (χ1v) is 5.74. The quantitative estimate of drug-likeness (QED) is 0.759. The Hall–Kier alpha value is -0.0800. The fourth-order valence-electron chi connectivity index (χ4n) is 1.99. The predicted molar refractivity (Wildman–Crippen MR) is 58.3 cm³/mol. The van der Waals surface area contributed by atoms with E-state index in [4.69, 9.17) is 4.74 Å². The fraction of sp³-hybridized carbons (Fsp3) is 1.00. The molecule has 1 aliphatic carbocycles. The second-order valence-corrected chi connectivity index (χ2v) is 5.42. The van der Waals surface area contributed by atoms with E-state index in [2.05, 4.69) is 6.92 Å². The Bertz CT molecular complexity index is 175. The number of hydrogen-bond donors (Lipinski definition) is 1. The van der Waals surface area contributed by atoms with Crippen LogP contribution in [0.15, 0.2) is 0 Å². The Labute approximate surface area is 87.7 Å². The van der Waals surface area contributed by atoms with Gasteiger partial charge < -0.3 is 9.84 Å². The highest BCUT2D eigenvalue weighted by Gasteiger charge is 2.34. The molecule has 0 amide bonds. The van der Waals surface area contributed by atoms with Crippen LogP contribution in [0.5, 0.6) is 0 Å². The summed E-state index contributed by atoms with van der Waals surface area (Å²) in [5, 5.41) is 9.81. The number of ether oxygens (including phenoxy) is 1. The summed E-state index contributed by atoms with van der Waals surface area (Å²) in [7, 11) is 0. The summed E-state index contributed by atoms with van der Waals surface area (Å²) in [5.74, 6) is 0. The molecule has 0 aromatic rings. The van der Waals surface area contributed by atoms with Gasteiger partial charge >= 0.3 is 0 Å². The molecule has 0 aliphatic heterocycles. The van der Waals surface area contributed by atoms with Gasteiger partial charge in [0.15, 0.2) is 0 Å². The summed E-state index contributed by atoms with van der Waals surface area (Å²) in [6.07, 6.45) is 6.02. The third kappa shape index (κ3) is 3.25. The van der Waals surface area contributed by atoms with Gasteiger partial charge in [0, 0.05) is 0 Å². The molecule has 1 rings (SSSR count). The SMILES string of the molecule is CC(OC1(C)CCCCC1)C(C)(C)O. The molecule has 1 unspecified atom stereocenters. The lowest BCUT2D eigenvalue weighted by molar-refractivity contribution is -0.160. The van der Waals surface area contributed by atoms with Gasteiger partial charge in [-0.3, -0.25) is 0 Å². The van der Waals surface area contributed by atoms with Crippen LogP contribution in [0, 0.1) is 0 Å². The summed E-state index contributed by atoms with van der Waals surface area (Å²) < 4.78 is 5.99. The standard InChI is InChI=1S/C12H24O2/c1-10(11(2,3)13)14-12(4)8-6-5-7-9-12/h10,13H,5-9H2,1-4H3. The number of aliphatic hydroxyl groups is 1. The molecule has 2 nitrogen and oxygen atoms in total. The average Bonchev–Trinajstić information content (AvgIpc) is 2.02. The summed E-state index contributed by atoms with van der Waals surface area (Å²) >= 11 is 0. The van der Waals surface area contributed by atoms with E-state index in [1.54, 1.807) is 0 Å². The minimum atomic E-state index is -0.736. The average molecular weight is 200 g/mol. The Morgan fingerprint density at radius 2 is 1.71 bits per heavy atom. The van der Waals surface area contributed by atoms with E-state index >= 15 is 0 Å². The molecule has 1 aliphatic rings. The monoisotopic (exact) mass is 200 g/mol. The molecule has 0 bridgehead atoms. The van der Waals surface area contributed by atoms with Crippen molar-refractivity contribution in [2.45, 2.75) is 77.1 Å². The molecule has 0 radical (unpaired) electrons. The molecule has 1 saturated carbocycles. The van der Waals surface area contributed by atoms with Crippen LogP contribution in [0.1, 0.15) is 59.8 Å². The molecule has 1 N–H and O–H groups in total. The molecular weight excluding hydrogens is 176 g/mol. The van der Waals surface area contributed by atoms with Gasteiger partial charge in [-0.1, -0.05) is 19.3 Å². The lowest BCUT2D eigenvalue weighted by atomic mass is 9.85. The topological polar surface area (TPSA) is 29.5 Å². The van der Waals surface area contributed by atoms with Gasteiger partial charge in [-0.2, -0.15) is 0 Å². The third-order valence-corrected chi connectivity index (χ3v) is 3.37. The van der Waals surface area contributed by atoms with Crippen LogP contribution < -0.4 is 0 Å². The van der Waals surface area contributed by atoms with Crippen molar-refractivity contribution >= 4 is 0 Å². The molecule has 0 aromatic carbocycles. The summed E-state index contributed by atoms with van der Waals surface area (Å²) in [6, 6.07) is 0. The molecule has 84 valence electrons. The molecule has 1 fully saturated rings. The van der Waals surface area contributed by atoms with Crippen molar-refractivity contribution in [3.05, 3.63) is 0 Å². The lowest BCUT2D eigenvalue weighted by Gasteiger charge is -2.39. The van der Waals surface area contributed by atoms with Crippen molar-refractivity contribution in [3.8, 4) is 0 Å². The molecule has 0 saturated heterocycles. The zero-order valence-corrected chi connectivity index (χ0v) is 9.97. The largest absolute Gasteiger partial charge is 0.388 e. The van der Waals surface area contributed by atoms with E-state index in [0.29, 0.717) is 0 Å². The van der Waals surface area contributed by atoms with Crippen LogP contribution in [0.2, 0.25) is 0 Å². The summed E-state index contributed by atoms with van der Waals surface area (Å²) in [5.41, 5.74) is -0.738. The van der Waals surface area contributed by atoms with Gasteiger partial charge in [0.05, 0.1) is 17.3 Å². The van der Waals surface area contributed by atoms with E-state index in [0.717, 1.165) is 12.8 Å². The first-order valence-electron chi connectivity index (χ1n) is 5.74. The van der Waals surface area contributed by atoms with Gasteiger partial charge in [0.1, 0.15) is 0 Å². The van der Waals surface area contributed by atoms with E-state index in [9.17, 15) is 5.11 Å². The molecule has 2 heteroatoms. The molecule has 0 aromatic heterocycles. The van der Waals surface area contributed by atoms with E-state index in [1.165, 1.54) is 19.3 Å². The fourth-order valence-corrected chi connectivity index (χ4v) is 1.99. The van der Waals surface area contributed by atoms with Gasteiger partial charge in [0.25, 0.3) is 0 Å². The van der Waals surface area contributed by atoms with Crippen LogP contribution >= 0.6 is 0 Å². The highest BCUT2D eigenvalue weighted by molar-refractivity contribution is 4.84. The van der Waals surface area contributed by atoms with Gasteiger partial charge in [-0.25, -0.2) is 0 Å². The molecule has 14 heavy (non-hydrogen) atoms. The van der Waals surface area contributed by atoms with E-state index < -0.39 is 5.60 Å². The Kier molecular flexibility index (Phi) is 3.59. The Morgan fingerprint density at radius 1 is 1.21 bits per heavy atom. The minimum absolute atomic E-state index is 0.00231. The van der Waals surface area contributed by atoms with E-state index in [-0.39, 0.29) is 11.7 Å². The van der Waals surface area contributed by atoms with Gasteiger partial charge in [-0.15, -0.1) is 0 Å². The summed E-state index contributed by atoms with van der Waals surface area (Å²) in [4.78, 5) is 0. The van der Waals surface area contributed by atoms with Crippen LogP contribution in [0.3, 0.4) is 0 Å². The zero-order valence-electron chi connectivity index (χ0n) is 9.97. The van der Waals surface area contributed by atoms with Crippen LogP contribution in [-0.2, 0) is 4.74 Å². The van der Waals surface area contributed by atoms with Crippen molar-refractivity contribution in [3.63, 3.8) is 0 Å². The summed E-state index contributed by atoms with van der Waals surface area (Å²) in [6.45, 7) is 7.75. The van der Waals surface area contributed by atoms with Crippen molar-refractivity contribution < 1.29 is 9.84 Å². The number of hydrogen-bond acceptors (Lipinski definition) is 2. The molecule has 0 heterocycles. The minimum Gasteiger partial charge on any atom is -0.388 e. The lowest BCUT2D eigenvalue weighted by Crippen LogP contribution is -2.43. The maximum absolute atomic E-state index is 9.81. The van der Waals surface area contributed by atoms with Crippen molar-refractivity contribution in [2.24, 2.45) is 0 Å². The second kappa shape index (κ2) is 4.19. The first kappa shape index (κ1) is 12.0. The van der Waals surface area contributed by atoms with E-state index in [1.807, 2.05) is 20.8 Å². The highest BCUT2D eigenvalue weighted by atomic mass is 16.5. The van der Waals surface area contributed by atoms with Crippen molar-refractivity contribution in [1.29, 1.82) is 0 Å². The van der Waals surface area contributed by atoms with Crippen LogP contribution in [-0.4, -0.2) is 22.4 Å². The first-order chi connectivity index (χ1) is 6.33. The highest BCUT2D eigenvalue weighted by Crippen LogP contribution is 2.33. The second-order valence-electron chi connectivity index (χ2n) is 5.42. The smallest absolute Gasteiger partial charge is 0.0849 e. The molecule has 1 atom stereocenters. The maximum atomic E-state index is 9.81. The van der Waals surface area contributed by atoms with Gasteiger partial charge in [0.2, 0.25) is 0 Å². The third-order valence-electron chi connectivity index (χ3n) is 3.37. The Balaban J connectivity index is 2.49. The normalized spacial score (nSPS) is 24.6. The maximum Gasteiger partial charge on any atom is 0.0849 e. The van der Waals surface area contributed by atoms with Crippen molar-refractivity contribution in [2.75, 3.05) is 0 Å². The van der Waals surface area contributed by atoms with Crippen LogP contribution in [0.4, 0.5) is 0 Å².